The van der Waals surface area contributed by atoms with Crippen LogP contribution in [0.1, 0.15) is 44.9 Å². The van der Waals surface area contributed by atoms with E-state index in [-0.39, 0.29) is 29.4 Å². The van der Waals surface area contributed by atoms with Crippen LogP contribution in [0.3, 0.4) is 0 Å². The van der Waals surface area contributed by atoms with E-state index in [0.717, 1.165) is 19.3 Å². The molecule has 0 aromatic rings. The third kappa shape index (κ3) is 3.25. The maximum absolute atomic E-state index is 12.9. The van der Waals surface area contributed by atoms with Gasteiger partial charge in [-0.05, 0) is 38.0 Å². The van der Waals surface area contributed by atoms with Crippen molar-refractivity contribution in [3.63, 3.8) is 0 Å². The molecule has 2 aliphatic rings. The van der Waals surface area contributed by atoms with E-state index < -0.39 is 5.92 Å². The highest BCUT2D eigenvalue weighted by molar-refractivity contribution is 9.10. The third-order valence-electron chi connectivity index (χ3n) is 3.67. The maximum atomic E-state index is 12.9. The van der Waals surface area contributed by atoms with E-state index in [0.29, 0.717) is 18.8 Å². The number of alkyl halides is 3. The van der Waals surface area contributed by atoms with Crippen LogP contribution in [-0.2, 0) is 4.79 Å². The van der Waals surface area contributed by atoms with Crippen LogP contribution < -0.4 is 0 Å². The van der Waals surface area contributed by atoms with Crippen molar-refractivity contribution in [3.8, 4) is 0 Å². The van der Waals surface area contributed by atoms with Crippen LogP contribution in [0.5, 0.6) is 0 Å². The van der Waals surface area contributed by atoms with Gasteiger partial charge in [-0.2, -0.15) is 0 Å². The average molecular weight is 295 g/mol. The molecule has 16 heavy (non-hydrogen) atoms. The van der Waals surface area contributed by atoms with Crippen LogP contribution in [0.2, 0.25) is 0 Å². The minimum absolute atomic E-state index is 0.00495. The SMILES string of the molecule is O=C(C(Br)CC1CCC(F)(F)CC1)C1CC1. The smallest absolute Gasteiger partial charge is 0.248 e. The summed E-state index contributed by atoms with van der Waals surface area (Å²) >= 11 is 3.41. The summed E-state index contributed by atoms with van der Waals surface area (Å²) in [5, 5.41) is 0. The van der Waals surface area contributed by atoms with E-state index >= 15 is 0 Å². The van der Waals surface area contributed by atoms with Crippen LogP contribution in [0.25, 0.3) is 0 Å². The zero-order valence-corrected chi connectivity index (χ0v) is 10.8. The zero-order valence-electron chi connectivity index (χ0n) is 9.22. The molecule has 0 amide bonds. The Labute approximate surface area is 103 Å². The summed E-state index contributed by atoms with van der Waals surface area (Å²) in [6.45, 7) is 0. The lowest BCUT2D eigenvalue weighted by atomic mass is 9.83. The van der Waals surface area contributed by atoms with Crippen molar-refractivity contribution >= 4 is 21.7 Å². The van der Waals surface area contributed by atoms with Crippen LogP contribution in [-0.4, -0.2) is 16.5 Å². The highest BCUT2D eigenvalue weighted by Gasteiger charge is 2.38. The van der Waals surface area contributed by atoms with Crippen molar-refractivity contribution in [1.29, 1.82) is 0 Å². The van der Waals surface area contributed by atoms with Crippen molar-refractivity contribution in [2.45, 2.75) is 55.7 Å². The first-order chi connectivity index (χ1) is 7.48. The van der Waals surface area contributed by atoms with E-state index in [1.54, 1.807) is 0 Å². The van der Waals surface area contributed by atoms with Crippen LogP contribution in [0, 0.1) is 11.8 Å². The molecule has 2 rings (SSSR count). The van der Waals surface area contributed by atoms with Gasteiger partial charge in [0.1, 0.15) is 5.78 Å². The van der Waals surface area contributed by atoms with Gasteiger partial charge in [-0.3, -0.25) is 4.79 Å². The summed E-state index contributed by atoms with van der Waals surface area (Å²) in [7, 11) is 0. The molecule has 92 valence electrons. The molecule has 2 fully saturated rings. The highest BCUT2D eigenvalue weighted by Crippen LogP contribution is 2.40. The van der Waals surface area contributed by atoms with Gasteiger partial charge in [0.25, 0.3) is 0 Å². The van der Waals surface area contributed by atoms with Gasteiger partial charge in [0.2, 0.25) is 5.92 Å². The second kappa shape index (κ2) is 4.71. The Kier molecular flexibility index (Phi) is 3.67. The quantitative estimate of drug-likeness (QED) is 0.718. The lowest BCUT2D eigenvalue weighted by Gasteiger charge is -2.29. The Balaban J connectivity index is 1.75. The molecule has 0 aromatic carbocycles. The van der Waals surface area contributed by atoms with E-state index in [9.17, 15) is 13.6 Å². The number of hydrogen-bond acceptors (Lipinski definition) is 1. The van der Waals surface area contributed by atoms with Crippen molar-refractivity contribution in [3.05, 3.63) is 0 Å². The minimum atomic E-state index is -2.46. The van der Waals surface area contributed by atoms with Gasteiger partial charge in [0.05, 0.1) is 4.83 Å². The fraction of sp³-hybridized carbons (Fsp3) is 0.917. The highest BCUT2D eigenvalue weighted by atomic mass is 79.9. The van der Waals surface area contributed by atoms with E-state index in [1.165, 1.54) is 0 Å². The first-order valence-corrected chi connectivity index (χ1v) is 6.95. The maximum Gasteiger partial charge on any atom is 0.248 e. The Morgan fingerprint density at radius 2 is 1.81 bits per heavy atom. The second-order valence-electron chi connectivity index (χ2n) is 5.18. The summed E-state index contributed by atoms with van der Waals surface area (Å²) < 4.78 is 25.9. The number of carbonyl (C=O) groups is 1. The Bertz CT molecular complexity index is 266. The van der Waals surface area contributed by atoms with Gasteiger partial charge in [0, 0.05) is 18.8 Å². The summed E-state index contributed by atoms with van der Waals surface area (Å²) in [4.78, 5) is 11.6. The van der Waals surface area contributed by atoms with Gasteiger partial charge in [-0.15, -0.1) is 0 Å². The molecule has 0 heterocycles. The average Bonchev–Trinajstić information content (AvgIpc) is 3.03. The monoisotopic (exact) mass is 294 g/mol. The molecule has 0 aromatic heterocycles. The lowest BCUT2D eigenvalue weighted by molar-refractivity contribution is -0.120. The van der Waals surface area contributed by atoms with Gasteiger partial charge < -0.3 is 0 Å². The number of carbonyl (C=O) groups excluding carboxylic acids is 1. The normalized spacial score (nSPS) is 27.7. The standard InChI is InChI=1S/C12H17BrF2O/c13-10(11(16)9-1-2-9)7-8-3-5-12(14,15)6-4-8/h8-10H,1-7H2. The number of rotatable bonds is 4. The zero-order chi connectivity index (χ0) is 11.8. The largest absolute Gasteiger partial charge is 0.298 e. The molecular formula is C12H17BrF2O. The van der Waals surface area contributed by atoms with Gasteiger partial charge >= 0.3 is 0 Å². The Hall–Kier alpha value is 0.01000. The molecule has 1 nitrogen and oxygen atoms in total. The molecule has 2 aliphatic carbocycles. The molecular weight excluding hydrogens is 278 g/mol. The Morgan fingerprint density at radius 3 is 2.31 bits per heavy atom. The van der Waals surface area contributed by atoms with E-state index in [2.05, 4.69) is 15.9 Å². The van der Waals surface area contributed by atoms with Crippen molar-refractivity contribution in [2.75, 3.05) is 0 Å². The third-order valence-corrected chi connectivity index (χ3v) is 4.49. The molecule has 0 radical (unpaired) electrons. The molecule has 1 unspecified atom stereocenters. The van der Waals surface area contributed by atoms with Crippen LogP contribution >= 0.6 is 15.9 Å². The lowest BCUT2D eigenvalue weighted by Crippen LogP contribution is -2.27. The first kappa shape index (κ1) is 12.5. The van der Waals surface area contributed by atoms with Crippen LogP contribution in [0.15, 0.2) is 0 Å². The molecule has 0 saturated heterocycles. The summed E-state index contributed by atoms with van der Waals surface area (Å²) in [6.07, 6.45) is 3.89. The van der Waals surface area contributed by atoms with E-state index in [1.807, 2.05) is 0 Å². The fourth-order valence-corrected chi connectivity index (χ4v) is 3.27. The van der Waals surface area contributed by atoms with Gasteiger partial charge in [-0.25, -0.2) is 8.78 Å². The molecule has 1 atom stereocenters. The molecule has 0 spiro atoms. The number of hydrogen-bond donors (Lipinski definition) is 0. The first-order valence-electron chi connectivity index (χ1n) is 6.03. The predicted molar refractivity (Wildman–Crippen MR) is 62.0 cm³/mol. The summed E-state index contributed by atoms with van der Waals surface area (Å²) in [6, 6.07) is 0. The Morgan fingerprint density at radius 1 is 1.25 bits per heavy atom. The second-order valence-corrected chi connectivity index (χ2v) is 6.28. The molecule has 0 aliphatic heterocycles. The topological polar surface area (TPSA) is 17.1 Å². The van der Waals surface area contributed by atoms with E-state index in [4.69, 9.17) is 0 Å². The predicted octanol–water partition coefficient (Wildman–Crippen LogP) is 3.94. The fourth-order valence-electron chi connectivity index (χ4n) is 2.37. The van der Waals surface area contributed by atoms with Crippen molar-refractivity contribution in [1.82, 2.24) is 0 Å². The molecule has 0 bridgehead atoms. The molecule has 0 N–H and O–H groups in total. The number of Topliss-reactive ketones (excluding diaryl/α,β-unsaturated/α-hetero) is 1. The molecule has 2 saturated carbocycles. The van der Waals surface area contributed by atoms with Gasteiger partial charge in [-0.1, -0.05) is 15.9 Å². The summed E-state index contributed by atoms with van der Waals surface area (Å²) in [5.41, 5.74) is 0. The summed E-state index contributed by atoms with van der Waals surface area (Å²) in [5.74, 6) is -1.61. The van der Waals surface area contributed by atoms with Gasteiger partial charge in [0.15, 0.2) is 0 Å². The van der Waals surface area contributed by atoms with Crippen molar-refractivity contribution < 1.29 is 13.6 Å². The minimum Gasteiger partial charge on any atom is -0.298 e. The van der Waals surface area contributed by atoms with Crippen LogP contribution in [0.4, 0.5) is 8.78 Å². The van der Waals surface area contributed by atoms with Crippen molar-refractivity contribution in [2.24, 2.45) is 11.8 Å². The number of halogens is 3. The number of ketones is 1. The molecule has 4 heteroatoms.